The first kappa shape index (κ1) is 19.5. The van der Waals surface area contributed by atoms with Gasteiger partial charge in [0.25, 0.3) is 0 Å². The van der Waals surface area contributed by atoms with Gasteiger partial charge in [-0.1, -0.05) is 109 Å². The first-order chi connectivity index (χ1) is 9.77. The standard InChI is InChI=1S/C20H38/c1-4-5-6-7-8-9-10-11-12-13-14-15-16-17-18-19-20(2)3/h4-6,20H,1,7-19H2,2-3H3. The zero-order chi connectivity index (χ0) is 14.9. The Labute approximate surface area is 128 Å². The van der Waals surface area contributed by atoms with E-state index >= 15 is 0 Å². The zero-order valence-corrected chi connectivity index (χ0v) is 14.2. The fraction of sp³-hybridized carbons (Fsp3) is 0.800. The second-order valence-electron chi connectivity index (χ2n) is 6.52. The van der Waals surface area contributed by atoms with E-state index in [1.54, 1.807) is 0 Å². The summed E-state index contributed by atoms with van der Waals surface area (Å²) in [7, 11) is 0. The van der Waals surface area contributed by atoms with Crippen molar-refractivity contribution >= 4 is 0 Å². The highest BCUT2D eigenvalue weighted by Gasteiger charge is 1.95. The van der Waals surface area contributed by atoms with Crippen LogP contribution in [0.3, 0.4) is 0 Å². The molecule has 0 heteroatoms. The highest BCUT2D eigenvalue weighted by molar-refractivity contribution is 4.96. The monoisotopic (exact) mass is 278 g/mol. The smallest absolute Gasteiger partial charge is 0.0348 e. The molecule has 0 unspecified atom stereocenters. The van der Waals surface area contributed by atoms with Gasteiger partial charge in [-0.3, -0.25) is 0 Å². The van der Waals surface area contributed by atoms with Crippen LogP contribution in [-0.4, -0.2) is 0 Å². The van der Waals surface area contributed by atoms with Crippen LogP contribution in [0.1, 0.15) is 97.3 Å². The SMILES string of the molecule is C=CC=CCCCCCCCCCCCCCC(C)C. The molecule has 0 nitrogen and oxygen atoms in total. The first-order valence-electron chi connectivity index (χ1n) is 9.05. The van der Waals surface area contributed by atoms with Crippen LogP contribution in [0.25, 0.3) is 0 Å². The molecule has 0 aliphatic rings. The quantitative estimate of drug-likeness (QED) is 0.215. The lowest BCUT2D eigenvalue weighted by molar-refractivity contribution is 0.504. The van der Waals surface area contributed by atoms with Crippen LogP contribution >= 0.6 is 0 Å². The normalized spacial score (nSPS) is 11.6. The predicted octanol–water partition coefficient (Wildman–Crippen LogP) is 7.46. The summed E-state index contributed by atoms with van der Waals surface area (Å²) in [5, 5.41) is 0. The highest BCUT2D eigenvalue weighted by atomic mass is 14.0. The van der Waals surface area contributed by atoms with Crippen molar-refractivity contribution in [2.24, 2.45) is 5.92 Å². The number of unbranched alkanes of at least 4 members (excludes halogenated alkanes) is 11. The van der Waals surface area contributed by atoms with Crippen molar-refractivity contribution in [1.29, 1.82) is 0 Å². The molecule has 0 saturated heterocycles. The van der Waals surface area contributed by atoms with Gasteiger partial charge >= 0.3 is 0 Å². The molecule has 0 amide bonds. The highest BCUT2D eigenvalue weighted by Crippen LogP contribution is 2.14. The second-order valence-corrected chi connectivity index (χ2v) is 6.52. The van der Waals surface area contributed by atoms with Crippen molar-refractivity contribution < 1.29 is 0 Å². The van der Waals surface area contributed by atoms with Gasteiger partial charge in [0, 0.05) is 0 Å². The van der Waals surface area contributed by atoms with Crippen molar-refractivity contribution in [3.63, 3.8) is 0 Å². The summed E-state index contributed by atoms with van der Waals surface area (Å²) in [6, 6.07) is 0. The van der Waals surface area contributed by atoms with E-state index < -0.39 is 0 Å². The average Bonchev–Trinajstić information content (AvgIpc) is 2.43. The van der Waals surface area contributed by atoms with Crippen molar-refractivity contribution in [2.45, 2.75) is 97.3 Å². The van der Waals surface area contributed by atoms with E-state index in [0.717, 1.165) is 5.92 Å². The van der Waals surface area contributed by atoms with Gasteiger partial charge < -0.3 is 0 Å². The minimum Gasteiger partial charge on any atom is -0.0991 e. The van der Waals surface area contributed by atoms with Crippen LogP contribution < -0.4 is 0 Å². The zero-order valence-electron chi connectivity index (χ0n) is 14.2. The molecule has 0 saturated carbocycles. The van der Waals surface area contributed by atoms with Gasteiger partial charge in [0.1, 0.15) is 0 Å². The molecule has 0 fully saturated rings. The molecule has 0 aromatic heterocycles. The van der Waals surface area contributed by atoms with Gasteiger partial charge in [-0.05, 0) is 18.8 Å². The third-order valence-corrected chi connectivity index (χ3v) is 3.92. The van der Waals surface area contributed by atoms with Crippen LogP contribution in [0, 0.1) is 5.92 Å². The van der Waals surface area contributed by atoms with Crippen molar-refractivity contribution in [3.05, 3.63) is 24.8 Å². The van der Waals surface area contributed by atoms with Gasteiger partial charge in [0.15, 0.2) is 0 Å². The maximum atomic E-state index is 3.68. The van der Waals surface area contributed by atoms with E-state index in [2.05, 4.69) is 32.6 Å². The lowest BCUT2D eigenvalue weighted by Gasteiger charge is -2.04. The summed E-state index contributed by atoms with van der Waals surface area (Å²) in [6.45, 7) is 8.34. The number of hydrogen-bond acceptors (Lipinski definition) is 0. The topological polar surface area (TPSA) is 0 Å². The van der Waals surface area contributed by atoms with E-state index in [1.807, 2.05) is 6.08 Å². The fourth-order valence-electron chi connectivity index (χ4n) is 2.60. The Balaban J connectivity index is 2.99. The van der Waals surface area contributed by atoms with Gasteiger partial charge in [-0.15, -0.1) is 0 Å². The minimum absolute atomic E-state index is 0.891. The summed E-state index contributed by atoms with van der Waals surface area (Å²) >= 11 is 0. The molecular formula is C20H38. The third kappa shape index (κ3) is 17.5. The van der Waals surface area contributed by atoms with Crippen LogP contribution in [0.15, 0.2) is 24.8 Å². The van der Waals surface area contributed by atoms with Crippen LogP contribution in [-0.2, 0) is 0 Å². The Morgan fingerprint density at radius 2 is 1.15 bits per heavy atom. The fourth-order valence-corrected chi connectivity index (χ4v) is 2.60. The molecule has 0 heterocycles. The summed E-state index contributed by atoms with van der Waals surface area (Å²) in [5.41, 5.74) is 0. The van der Waals surface area contributed by atoms with Gasteiger partial charge in [-0.2, -0.15) is 0 Å². The van der Waals surface area contributed by atoms with E-state index in [-0.39, 0.29) is 0 Å². The van der Waals surface area contributed by atoms with E-state index in [0.29, 0.717) is 0 Å². The Hall–Kier alpha value is -0.520. The molecule has 0 aliphatic heterocycles. The largest absolute Gasteiger partial charge is 0.0991 e. The number of allylic oxidation sites excluding steroid dienone is 3. The lowest BCUT2D eigenvalue weighted by Crippen LogP contribution is -1.87. The first-order valence-corrected chi connectivity index (χ1v) is 9.05. The molecule has 0 aromatic rings. The Kier molecular flexibility index (Phi) is 16.1. The van der Waals surface area contributed by atoms with Crippen LogP contribution in [0.2, 0.25) is 0 Å². The predicted molar refractivity (Wildman–Crippen MR) is 94.2 cm³/mol. The van der Waals surface area contributed by atoms with Crippen LogP contribution in [0.4, 0.5) is 0 Å². The molecular weight excluding hydrogens is 240 g/mol. The second kappa shape index (κ2) is 16.5. The summed E-state index contributed by atoms with van der Waals surface area (Å²) in [4.78, 5) is 0. The van der Waals surface area contributed by atoms with E-state index in [1.165, 1.54) is 83.5 Å². The minimum atomic E-state index is 0.891. The third-order valence-electron chi connectivity index (χ3n) is 3.92. The summed E-state index contributed by atoms with van der Waals surface area (Å²) in [5.74, 6) is 0.891. The molecule has 0 N–H and O–H groups in total. The van der Waals surface area contributed by atoms with Crippen molar-refractivity contribution in [1.82, 2.24) is 0 Å². The average molecular weight is 279 g/mol. The molecule has 0 bridgehead atoms. The number of hydrogen-bond donors (Lipinski definition) is 0. The molecule has 0 aromatic carbocycles. The molecule has 0 aliphatic carbocycles. The van der Waals surface area contributed by atoms with Gasteiger partial charge in [-0.25, -0.2) is 0 Å². The van der Waals surface area contributed by atoms with Crippen LogP contribution in [0.5, 0.6) is 0 Å². The summed E-state index contributed by atoms with van der Waals surface area (Å²) < 4.78 is 0. The lowest BCUT2D eigenvalue weighted by atomic mass is 10.0. The van der Waals surface area contributed by atoms with Gasteiger partial charge in [0.2, 0.25) is 0 Å². The molecule has 0 atom stereocenters. The Morgan fingerprint density at radius 3 is 1.60 bits per heavy atom. The maximum absolute atomic E-state index is 3.68. The molecule has 118 valence electrons. The molecule has 0 spiro atoms. The van der Waals surface area contributed by atoms with E-state index in [9.17, 15) is 0 Å². The Bertz CT molecular complexity index is 212. The van der Waals surface area contributed by atoms with E-state index in [4.69, 9.17) is 0 Å². The number of rotatable bonds is 15. The van der Waals surface area contributed by atoms with Gasteiger partial charge in [0.05, 0.1) is 0 Å². The molecule has 0 rings (SSSR count). The maximum Gasteiger partial charge on any atom is -0.0348 e. The molecule has 0 radical (unpaired) electrons. The Morgan fingerprint density at radius 1 is 0.700 bits per heavy atom. The van der Waals surface area contributed by atoms with Crippen molar-refractivity contribution in [3.8, 4) is 0 Å². The summed E-state index contributed by atoms with van der Waals surface area (Å²) in [6.07, 6.45) is 24.6. The van der Waals surface area contributed by atoms with Crippen molar-refractivity contribution in [2.75, 3.05) is 0 Å². The molecule has 20 heavy (non-hydrogen) atoms.